The van der Waals surface area contributed by atoms with Crippen molar-refractivity contribution in [2.24, 2.45) is 0 Å². The van der Waals surface area contributed by atoms with Gasteiger partial charge in [0.05, 0.1) is 5.69 Å². The quantitative estimate of drug-likeness (QED) is 0.736. The number of hydrogen-bond acceptors (Lipinski definition) is 3. The molecule has 0 bridgehead atoms. The van der Waals surface area contributed by atoms with Crippen LogP contribution in [0.1, 0.15) is 35.5 Å². The summed E-state index contributed by atoms with van der Waals surface area (Å²) in [6.07, 6.45) is 1.61. The minimum absolute atomic E-state index is 0.304. The van der Waals surface area contributed by atoms with Crippen LogP contribution in [0, 0.1) is 12.7 Å². The standard InChI is InChI=1S/C21H21FN2O2/c1-14-16(10-7-11-17(14)22)19(25)23-13-21(2,3)18-12-26-20(24-18)15-8-5-4-6-9-15/h4-12H,13H2,1-3H3,(H,23,25). The zero-order valence-corrected chi connectivity index (χ0v) is 15.0. The van der Waals surface area contributed by atoms with Crippen LogP contribution in [-0.4, -0.2) is 17.4 Å². The van der Waals surface area contributed by atoms with E-state index in [-0.39, 0.29) is 11.7 Å². The molecule has 0 spiro atoms. The molecule has 1 amide bonds. The van der Waals surface area contributed by atoms with Gasteiger partial charge in [-0.15, -0.1) is 0 Å². The molecule has 0 atom stereocenters. The lowest BCUT2D eigenvalue weighted by atomic mass is 9.89. The molecular weight excluding hydrogens is 331 g/mol. The molecular formula is C21H21FN2O2. The lowest BCUT2D eigenvalue weighted by molar-refractivity contribution is 0.0944. The maximum atomic E-state index is 13.6. The van der Waals surface area contributed by atoms with Crippen LogP contribution in [0.4, 0.5) is 4.39 Å². The SMILES string of the molecule is Cc1c(F)cccc1C(=O)NCC(C)(C)c1coc(-c2ccccc2)n1. The van der Waals surface area contributed by atoms with Gasteiger partial charge in [-0.05, 0) is 36.8 Å². The molecule has 0 saturated carbocycles. The first-order valence-electron chi connectivity index (χ1n) is 8.43. The van der Waals surface area contributed by atoms with Gasteiger partial charge in [0.2, 0.25) is 5.89 Å². The Bertz CT molecular complexity index is 917. The van der Waals surface area contributed by atoms with Crippen molar-refractivity contribution in [1.29, 1.82) is 0 Å². The van der Waals surface area contributed by atoms with Crippen molar-refractivity contribution >= 4 is 5.91 Å². The normalized spacial score (nSPS) is 11.4. The number of aromatic nitrogens is 1. The summed E-state index contributed by atoms with van der Waals surface area (Å²) in [5.74, 6) is -0.149. The molecule has 0 fully saturated rings. The van der Waals surface area contributed by atoms with Crippen LogP contribution in [0.5, 0.6) is 0 Å². The molecule has 5 heteroatoms. The number of carbonyl (C=O) groups is 1. The van der Waals surface area contributed by atoms with Gasteiger partial charge in [0.1, 0.15) is 12.1 Å². The highest BCUT2D eigenvalue weighted by molar-refractivity contribution is 5.95. The molecule has 1 aromatic heterocycles. The number of benzene rings is 2. The molecule has 0 radical (unpaired) electrons. The van der Waals surface area contributed by atoms with Gasteiger partial charge in [-0.3, -0.25) is 4.79 Å². The first-order valence-corrected chi connectivity index (χ1v) is 8.43. The zero-order chi connectivity index (χ0) is 18.7. The van der Waals surface area contributed by atoms with Crippen LogP contribution in [0.2, 0.25) is 0 Å². The second kappa shape index (κ2) is 7.12. The molecule has 0 saturated heterocycles. The van der Waals surface area contributed by atoms with Crippen molar-refractivity contribution in [3.63, 3.8) is 0 Å². The van der Waals surface area contributed by atoms with E-state index < -0.39 is 5.41 Å². The van der Waals surface area contributed by atoms with Crippen LogP contribution in [0.3, 0.4) is 0 Å². The predicted molar refractivity (Wildman–Crippen MR) is 98.4 cm³/mol. The summed E-state index contributed by atoms with van der Waals surface area (Å²) in [7, 11) is 0. The fourth-order valence-electron chi connectivity index (χ4n) is 2.64. The predicted octanol–water partition coefficient (Wildman–Crippen LogP) is 4.50. The largest absolute Gasteiger partial charge is 0.444 e. The molecule has 0 aliphatic rings. The zero-order valence-electron chi connectivity index (χ0n) is 15.0. The van der Waals surface area contributed by atoms with Gasteiger partial charge in [0.15, 0.2) is 0 Å². The lowest BCUT2D eigenvalue weighted by Gasteiger charge is -2.22. The third-order valence-corrected chi connectivity index (χ3v) is 4.42. The highest BCUT2D eigenvalue weighted by Crippen LogP contribution is 2.26. The number of nitrogens with one attached hydrogen (secondary N) is 1. The van der Waals surface area contributed by atoms with E-state index in [0.29, 0.717) is 23.6 Å². The number of oxazole rings is 1. The van der Waals surface area contributed by atoms with Gasteiger partial charge in [-0.2, -0.15) is 0 Å². The maximum absolute atomic E-state index is 13.6. The number of nitrogens with zero attached hydrogens (tertiary/aromatic N) is 1. The summed E-state index contributed by atoms with van der Waals surface area (Å²) in [5.41, 5.74) is 1.89. The van der Waals surface area contributed by atoms with Gasteiger partial charge in [-0.1, -0.05) is 38.1 Å². The topological polar surface area (TPSA) is 55.1 Å². The fraction of sp³-hybridized carbons (Fsp3) is 0.238. The highest BCUT2D eigenvalue weighted by Gasteiger charge is 2.26. The summed E-state index contributed by atoms with van der Waals surface area (Å²) in [6.45, 7) is 5.89. The Morgan fingerprint density at radius 3 is 2.62 bits per heavy atom. The summed E-state index contributed by atoms with van der Waals surface area (Å²) >= 11 is 0. The Balaban J connectivity index is 1.72. The van der Waals surface area contributed by atoms with Gasteiger partial charge in [-0.25, -0.2) is 9.37 Å². The van der Waals surface area contributed by atoms with E-state index in [0.717, 1.165) is 11.3 Å². The lowest BCUT2D eigenvalue weighted by Crippen LogP contribution is -2.37. The van der Waals surface area contributed by atoms with Crippen LogP contribution in [0.15, 0.2) is 59.2 Å². The van der Waals surface area contributed by atoms with Crippen LogP contribution < -0.4 is 5.32 Å². The molecule has 3 rings (SSSR count). The van der Waals surface area contributed by atoms with Gasteiger partial charge in [0.25, 0.3) is 5.91 Å². The number of carbonyl (C=O) groups excluding carboxylic acids is 1. The molecule has 1 N–H and O–H groups in total. The Morgan fingerprint density at radius 1 is 1.15 bits per heavy atom. The molecule has 0 aliphatic carbocycles. The summed E-state index contributed by atoms with van der Waals surface area (Å²) in [5, 5.41) is 2.87. The van der Waals surface area contributed by atoms with Crippen molar-refractivity contribution < 1.29 is 13.6 Å². The fourth-order valence-corrected chi connectivity index (χ4v) is 2.64. The van der Waals surface area contributed by atoms with Crippen LogP contribution >= 0.6 is 0 Å². The number of rotatable bonds is 5. The molecule has 4 nitrogen and oxygen atoms in total. The molecule has 0 aliphatic heterocycles. The molecule has 2 aromatic carbocycles. The van der Waals surface area contributed by atoms with Crippen molar-refractivity contribution in [1.82, 2.24) is 10.3 Å². The smallest absolute Gasteiger partial charge is 0.251 e. The maximum Gasteiger partial charge on any atom is 0.251 e. The van der Waals surface area contributed by atoms with Crippen LogP contribution in [-0.2, 0) is 5.41 Å². The third-order valence-electron chi connectivity index (χ3n) is 4.42. The number of amides is 1. The van der Waals surface area contributed by atoms with Crippen molar-refractivity contribution in [2.75, 3.05) is 6.54 Å². The van der Waals surface area contributed by atoms with Gasteiger partial charge >= 0.3 is 0 Å². The summed E-state index contributed by atoms with van der Waals surface area (Å²) in [4.78, 5) is 17.0. The average Bonchev–Trinajstić information content (AvgIpc) is 3.14. The van der Waals surface area contributed by atoms with E-state index >= 15 is 0 Å². The Morgan fingerprint density at radius 2 is 1.88 bits per heavy atom. The molecule has 134 valence electrons. The van der Waals surface area contributed by atoms with E-state index in [1.807, 2.05) is 44.2 Å². The van der Waals surface area contributed by atoms with E-state index in [4.69, 9.17) is 4.42 Å². The van der Waals surface area contributed by atoms with Crippen molar-refractivity contribution in [2.45, 2.75) is 26.2 Å². The minimum Gasteiger partial charge on any atom is -0.444 e. The first-order chi connectivity index (χ1) is 12.4. The van der Waals surface area contributed by atoms with Crippen molar-refractivity contribution in [3.8, 4) is 11.5 Å². The second-order valence-corrected chi connectivity index (χ2v) is 6.88. The summed E-state index contributed by atoms with van der Waals surface area (Å²) in [6, 6.07) is 14.1. The molecule has 26 heavy (non-hydrogen) atoms. The number of halogens is 1. The molecule has 1 heterocycles. The van der Waals surface area contributed by atoms with E-state index in [2.05, 4.69) is 10.3 Å². The third kappa shape index (κ3) is 3.67. The van der Waals surface area contributed by atoms with Gasteiger partial charge < -0.3 is 9.73 Å². The first kappa shape index (κ1) is 17.9. The van der Waals surface area contributed by atoms with Gasteiger partial charge in [0, 0.05) is 23.1 Å². The van der Waals surface area contributed by atoms with Crippen molar-refractivity contribution in [3.05, 3.63) is 77.4 Å². The van der Waals surface area contributed by atoms with E-state index in [9.17, 15) is 9.18 Å². The minimum atomic E-state index is -0.437. The number of hydrogen-bond donors (Lipinski definition) is 1. The summed E-state index contributed by atoms with van der Waals surface area (Å²) < 4.78 is 19.2. The Labute approximate surface area is 152 Å². The second-order valence-electron chi connectivity index (χ2n) is 6.88. The van der Waals surface area contributed by atoms with E-state index in [1.165, 1.54) is 12.1 Å². The molecule has 0 unspecified atom stereocenters. The van der Waals surface area contributed by atoms with Crippen LogP contribution in [0.25, 0.3) is 11.5 Å². The highest BCUT2D eigenvalue weighted by atomic mass is 19.1. The molecule has 3 aromatic rings. The Hall–Kier alpha value is -2.95. The monoisotopic (exact) mass is 352 g/mol. The van der Waals surface area contributed by atoms with E-state index in [1.54, 1.807) is 19.3 Å². The average molecular weight is 352 g/mol. The Kier molecular flexibility index (Phi) is 4.89.